The van der Waals surface area contributed by atoms with Crippen LogP contribution in [0.1, 0.15) is 36.0 Å². The normalized spacial score (nSPS) is 17.0. The predicted molar refractivity (Wildman–Crippen MR) is 96.7 cm³/mol. The van der Waals surface area contributed by atoms with Crippen LogP contribution in [-0.2, 0) is 9.53 Å². The molecule has 24 heavy (non-hydrogen) atoms. The number of nitrogens with zero attached hydrogens (tertiary/aromatic N) is 2. The number of amides is 1. The van der Waals surface area contributed by atoms with Crippen LogP contribution in [0.15, 0.2) is 0 Å². The average molecular weight is 348 g/mol. The molecule has 2 N–H and O–H groups in total. The van der Waals surface area contributed by atoms with Gasteiger partial charge in [0.1, 0.15) is 22.5 Å². The van der Waals surface area contributed by atoms with Crippen molar-refractivity contribution in [2.75, 3.05) is 18.5 Å². The molecule has 0 aromatic carbocycles. The number of rotatable bonds is 4. The molecule has 0 radical (unpaired) electrons. The molecular formula is C17H24N4O2S. The lowest BCUT2D eigenvalue weighted by atomic mass is 10.1. The van der Waals surface area contributed by atoms with Gasteiger partial charge in [-0.15, -0.1) is 11.3 Å². The minimum atomic E-state index is -0.357. The van der Waals surface area contributed by atoms with Gasteiger partial charge in [-0.05, 0) is 46.1 Å². The van der Waals surface area contributed by atoms with Crippen LogP contribution in [0.4, 0.5) is 5.82 Å². The number of carbonyl (C=O) groups is 1. The van der Waals surface area contributed by atoms with E-state index in [1.54, 1.807) is 11.3 Å². The lowest BCUT2D eigenvalue weighted by Crippen LogP contribution is -2.45. The summed E-state index contributed by atoms with van der Waals surface area (Å²) in [4.78, 5) is 23.7. The molecule has 1 saturated heterocycles. The van der Waals surface area contributed by atoms with E-state index < -0.39 is 0 Å². The van der Waals surface area contributed by atoms with Gasteiger partial charge in [0.2, 0.25) is 5.91 Å². The van der Waals surface area contributed by atoms with Crippen LogP contribution in [0.3, 0.4) is 0 Å². The molecule has 3 rings (SSSR count). The molecule has 0 bridgehead atoms. The van der Waals surface area contributed by atoms with Gasteiger partial charge in [0, 0.05) is 24.1 Å². The third kappa shape index (κ3) is 3.52. The number of ether oxygens (including phenoxy) is 1. The quantitative estimate of drug-likeness (QED) is 0.888. The maximum absolute atomic E-state index is 12.5. The molecule has 2 aromatic rings. The number of carbonyl (C=O) groups excluding carboxylic acids is 1. The van der Waals surface area contributed by atoms with E-state index in [-0.39, 0.29) is 18.0 Å². The fourth-order valence-corrected chi connectivity index (χ4v) is 3.97. The number of hydrogen-bond acceptors (Lipinski definition) is 6. The average Bonchev–Trinajstić information content (AvgIpc) is 2.82. The molecule has 0 saturated carbocycles. The van der Waals surface area contributed by atoms with Crippen molar-refractivity contribution in [1.82, 2.24) is 15.3 Å². The summed E-state index contributed by atoms with van der Waals surface area (Å²) < 4.78 is 5.33. The van der Waals surface area contributed by atoms with Crippen molar-refractivity contribution in [2.24, 2.45) is 0 Å². The Bertz CT molecular complexity index is 753. The predicted octanol–water partition coefficient (Wildman–Crippen LogP) is 2.71. The van der Waals surface area contributed by atoms with Crippen molar-refractivity contribution >= 4 is 33.3 Å². The maximum Gasteiger partial charge on any atom is 0.242 e. The molecule has 130 valence electrons. The molecule has 0 aliphatic carbocycles. The number of aromatic nitrogens is 2. The topological polar surface area (TPSA) is 76.1 Å². The Kier molecular flexibility index (Phi) is 5.01. The Labute approximate surface area is 146 Å². The second-order valence-electron chi connectivity index (χ2n) is 6.34. The zero-order valence-electron chi connectivity index (χ0n) is 14.6. The zero-order valence-corrected chi connectivity index (χ0v) is 15.4. The number of hydrogen-bond donors (Lipinski definition) is 2. The van der Waals surface area contributed by atoms with Crippen molar-refractivity contribution in [2.45, 2.75) is 52.6 Å². The number of nitrogens with one attached hydrogen (secondary N) is 2. The third-order valence-corrected chi connectivity index (χ3v) is 5.56. The van der Waals surface area contributed by atoms with E-state index >= 15 is 0 Å². The standard InChI is InChI=1S/C17H24N4O2S/c1-9-11(3)24-17-14(9)15(19-12(4)20-17)18-10(2)16(22)21-13-5-7-23-8-6-13/h10,13H,5-8H2,1-4H3,(H,21,22)(H,18,19,20). The van der Waals surface area contributed by atoms with E-state index in [2.05, 4.69) is 34.4 Å². The Hall–Kier alpha value is -1.73. The van der Waals surface area contributed by atoms with Crippen LogP contribution in [0.2, 0.25) is 0 Å². The molecule has 1 fully saturated rings. The molecule has 1 aliphatic heterocycles. The summed E-state index contributed by atoms with van der Waals surface area (Å²) in [5.74, 6) is 1.45. The first-order chi connectivity index (χ1) is 11.5. The van der Waals surface area contributed by atoms with Crippen LogP contribution in [0.5, 0.6) is 0 Å². The van der Waals surface area contributed by atoms with Gasteiger partial charge in [0.25, 0.3) is 0 Å². The van der Waals surface area contributed by atoms with Crippen molar-refractivity contribution in [1.29, 1.82) is 0 Å². The second-order valence-corrected chi connectivity index (χ2v) is 7.55. The van der Waals surface area contributed by atoms with Crippen LogP contribution < -0.4 is 10.6 Å². The smallest absolute Gasteiger partial charge is 0.242 e. The molecule has 1 aliphatic rings. The monoisotopic (exact) mass is 348 g/mol. The highest BCUT2D eigenvalue weighted by Crippen LogP contribution is 2.33. The van der Waals surface area contributed by atoms with Crippen molar-refractivity contribution in [3.05, 3.63) is 16.3 Å². The van der Waals surface area contributed by atoms with Crippen LogP contribution >= 0.6 is 11.3 Å². The highest BCUT2D eigenvalue weighted by molar-refractivity contribution is 7.18. The molecule has 7 heteroatoms. The molecule has 2 aromatic heterocycles. The fraction of sp³-hybridized carbons (Fsp3) is 0.588. The molecule has 0 spiro atoms. The summed E-state index contributed by atoms with van der Waals surface area (Å²) in [5.41, 5.74) is 1.18. The SMILES string of the molecule is Cc1nc(NC(C)C(=O)NC2CCOCC2)c2c(C)c(C)sc2n1. The maximum atomic E-state index is 12.5. The molecule has 1 atom stereocenters. The van der Waals surface area contributed by atoms with E-state index in [4.69, 9.17) is 4.74 Å². The first-order valence-corrected chi connectivity index (χ1v) is 9.16. The summed E-state index contributed by atoms with van der Waals surface area (Å²) in [5, 5.41) is 7.40. The van der Waals surface area contributed by atoms with Gasteiger partial charge in [-0.3, -0.25) is 4.79 Å². The van der Waals surface area contributed by atoms with Gasteiger partial charge in [-0.1, -0.05) is 0 Å². The first-order valence-electron chi connectivity index (χ1n) is 8.34. The highest BCUT2D eigenvalue weighted by atomic mass is 32.1. The van der Waals surface area contributed by atoms with E-state index in [1.165, 1.54) is 10.4 Å². The van der Waals surface area contributed by atoms with Gasteiger partial charge in [-0.2, -0.15) is 0 Å². The van der Waals surface area contributed by atoms with Gasteiger partial charge >= 0.3 is 0 Å². The van der Waals surface area contributed by atoms with Gasteiger partial charge < -0.3 is 15.4 Å². The summed E-state index contributed by atoms with van der Waals surface area (Å²) in [6.07, 6.45) is 1.75. The fourth-order valence-electron chi connectivity index (χ4n) is 2.90. The molecule has 6 nitrogen and oxygen atoms in total. The number of fused-ring (bicyclic) bond motifs is 1. The van der Waals surface area contributed by atoms with Crippen LogP contribution in [0, 0.1) is 20.8 Å². The van der Waals surface area contributed by atoms with Gasteiger partial charge in [0.05, 0.1) is 5.39 Å². The first kappa shape index (κ1) is 17.1. The highest BCUT2D eigenvalue weighted by Gasteiger charge is 2.22. The Morgan fingerprint density at radius 1 is 1.25 bits per heavy atom. The van der Waals surface area contributed by atoms with Crippen molar-refractivity contribution in [3.8, 4) is 0 Å². The minimum Gasteiger partial charge on any atom is -0.381 e. The summed E-state index contributed by atoms with van der Waals surface area (Å²) >= 11 is 1.67. The van der Waals surface area contributed by atoms with E-state index in [0.29, 0.717) is 19.0 Å². The molecular weight excluding hydrogens is 324 g/mol. The summed E-state index contributed by atoms with van der Waals surface area (Å²) in [6, 6.07) is -0.155. The van der Waals surface area contributed by atoms with Crippen LogP contribution in [-0.4, -0.2) is 41.2 Å². The number of thiophene rings is 1. The van der Waals surface area contributed by atoms with E-state index in [1.807, 2.05) is 13.8 Å². The number of aryl methyl sites for hydroxylation is 3. The largest absolute Gasteiger partial charge is 0.381 e. The van der Waals surface area contributed by atoms with Gasteiger partial charge in [0.15, 0.2) is 0 Å². The minimum absolute atomic E-state index is 0.00378. The van der Waals surface area contributed by atoms with E-state index in [0.717, 1.165) is 28.9 Å². The summed E-state index contributed by atoms with van der Waals surface area (Å²) in [6.45, 7) is 9.33. The molecule has 1 unspecified atom stereocenters. The Morgan fingerprint density at radius 3 is 2.67 bits per heavy atom. The zero-order chi connectivity index (χ0) is 17.3. The third-order valence-electron chi connectivity index (χ3n) is 4.45. The lowest BCUT2D eigenvalue weighted by Gasteiger charge is -2.25. The lowest BCUT2D eigenvalue weighted by molar-refractivity contribution is -0.122. The van der Waals surface area contributed by atoms with Crippen molar-refractivity contribution < 1.29 is 9.53 Å². The van der Waals surface area contributed by atoms with Crippen LogP contribution in [0.25, 0.3) is 10.2 Å². The molecule has 3 heterocycles. The Morgan fingerprint density at radius 2 is 1.96 bits per heavy atom. The summed E-state index contributed by atoms with van der Waals surface area (Å²) in [7, 11) is 0. The van der Waals surface area contributed by atoms with Crippen molar-refractivity contribution in [3.63, 3.8) is 0 Å². The number of anilines is 1. The van der Waals surface area contributed by atoms with E-state index in [9.17, 15) is 4.79 Å². The molecule has 1 amide bonds. The Balaban J connectivity index is 1.77. The van der Waals surface area contributed by atoms with Gasteiger partial charge in [-0.25, -0.2) is 9.97 Å². The second kappa shape index (κ2) is 7.03.